The second kappa shape index (κ2) is 10.8. The molecule has 1 aliphatic carbocycles. The number of aliphatic hydroxyl groups is 2. The Bertz CT molecular complexity index is 893. The summed E-state index contributed by atoms with van der Waals surface area (Å²) in [6, 6.07) is 18.5. The Morgan fingerprint density at radius 2 is 1.65 bits per heavy atom. The monoisotopic (exact) mass is 424 g/mol. The first kappa shape index (κ1) is 22.6. The number of aryl methyl sites for hydroxylation is 1. The molecule has 0 saturated heterocycles. The van der Waals surface area contributed by atoms with Crippen molar-refractivity contribution in [1.82, 2.24) is 0 Å². The smallest absolute Gasteiger partial charge is 0.338 e. The van der Waals surface area contributed by atoms with Crippen LogP contribution in [-0.4, -0.2) is 39.5 Å². The number of aliphatic carboxylic acids is 1. The zero-order valence-corrected chi connectivity index (χ0v) is 17.3. The van der Waals surface area contributed by atoms with Gasteiger partial charge in [0.15, 0.2) is 0 Å². The molecule has 4 atom stereocenters. The number of rotatable bonds is 9. The number of unbranched alkanes of at least 4 members (excludes halogenated alkanes) is 1. The molecule has 0 aliphatic heterocycles. The van der Waals surface area contributed by atoms with Gasteiger partial charge in [-0.3, -0.25) is 4.79 Å². The Morgan fingerprint density at radius 1 is 1.00 bits per heavy atom. The quantitative estimate of drug-likeness (QED) is 0.317. The van der Waals surface area contributed by atoms with E-state index in [0.717, 1.165) is 12.8 Å². The van der Waals surface area contributed by atoms with Crippen molar-refractivity contribution in [2.45, 2.75) is 44.3 Å². The highest BCUT2D eigenvalue weighted by atomic mass is 16.5. The van der Waals surface area contributed by atoms with Crippen LogP contribution in [0.25, 0.3) is 0 Å². The number of ether oxygens (including phenoxy) is 1. The van der Waals surface area contributed by atoms with Crippen molar-refractivity contribution in [1.29, 1.82) is 0 Å². The molecule has 3 N–H and O–H groups in total. The molecule has 31 heavy (non-hydrogen) atoms. The second-order valence-corrected chi connectivity index (χ2v) is 7.91. The fourth-order valence-corrected chi connectivity index (χ4v) is 4.19. The third-order valence-corrected chi connectivity index (χ3v) is 5.72. The Hall–Kier alpha value is -3.12. The third kappa shape index (κ3) is 6.18. The van der Waals surface area contributed by atoms with Gasteiger partial charge in [-0.05, 0) is 43.0 Å². The summed E-state index contributed by atoms with van der Waals surface area (Å²) in [5.74, 6) is -3.13. The van der Waals surface area contributed by atoms with Gasteiger partial charge in [0.1, 0.15) is 6.10 Å². The Morgan fingerprint density at radius 3 is 2.29 bits per heavy atom. The van der Waals surface area contributed by atoms with E-state index in [9.17, 15) is 24.9 Å². The van der Waals surface area contributed by atoms with Crippen LogP contribution in [0.5, 0.6) is 0 Å². The van der Waals surface area contributed by atoms with Gasteiger partial charge in [0.25, 0.3) is 0 Å². The van der Waals surface area contributed by atoms with Crippen LogP contribution in [0.3, 0.4) is 0 Å². The van der Waals surface area contributed by atoms with Gasteiger partial charge in [-0.15, -0.1) is 0 Å². The number of carbonyl (C=O) groups excluding carboxylic acids is 1. The molecule has 0 bridgehead atoms. The number of carboxylic acids is 1. The van der Waals surface area contributed by atoms with E-state index in [4.69, 9.17) is 4.74 Å². The van der Waals surface area contributed by atoms with Gasteiger partial charge in [-0.2, -0.15) is 0 Å². The van der Waals surface area contributed by atoms with Crippen molar-refractivity contribution in [3.8, 4) is 0 Å². The van der Waals surface area contributed by atoms with E-state index in [0.29, 0.717) is 12.0 Å². The minimum Gasteiger partial charge on any atom is -0.512 e. The maximum absolute atomic E-state index is 12.5. The Kier molecular flexibility index (Phi) is 7.84. The SMILES string of the molecule is O=C(O)C[C@H]1[C@H](C(O)=CCCCc2ccccc2)[C@H](OC(=O)c2ccccc2)C[C@H]1O. The first-order chi connectivity index (χ1) is 15.0. The average Bonchev–Trinajstić information content (AvgIpc) is 3.06. The lowest BCUT2D eigenvalue weighted by Gasteiger charge is -2.24. The predicted octanol–water partition coefficient (Wildman–Crippen LogP) is 4.15. The number of aliphatic hydroxyl groups excluding tert-OH is 2. The van der Waals surface area contributed by atoms with Crippen molar-refractivity contribution in [2.75, 3.05) is 0 Å². The summed E-state index contributed by atoms with van der Waals surface area (Å²) in [6.45, 7) is 0. The summed E-state index contributed by atoms with van der Waals surface area (Å²) in [4.78, 5) is 23.8. The van der Waals surface area contributed by atoms with Crippen molar-refractivity contribution < 1.29 is 29.6 Å². The molecule has 1 fully saturated rings. The highest BCUT2D eigenvalue weighted by Crippen LogP contribution is 2.41. The van der Waals surface area contributed by atoms with E-state index in [1.807, 2.05) is 30.3 Å². The molecule has 2 aromatic carbocycles. The largest absolute Gasteiger partial charge is 0.512 e. The molecule has 0 amide bonds. The molecule has 1 aliphatic rings. The van der Waals surface area contributed by atoms with E-state index in [-0.39, 0.29) is 18.6 Å². The summed E-state index contributed by atoms with van der Waals surface area (Å²) >= 11 is 0. The second-order valence-electron chi connectivity index (χ2n) is 7.91. The first-order valence-electron chi connectivity index (χ1n) is 10.5. The van der Waals surface area contributed by atoms with Crippen LogP contribution in [0.1, 0.15) is 41.6 Å². The van der Waals surface area contributed by atoms with E-state index in [1.165, 1.54) is 5.56 Å². The zero-order valence-electron chi connectivity index (χ0n) is 17.3. The summed E-state index contributed by atoms with van der Waals surface area (Å²) in [7, 11) is 0. The van der Waals surface area contributed by atoms with Crippen molar-refractivity contribution >= 4 is 11.9 Å². The zero-order chi connectivity index (χ0) is 22.2. The predicted molar refractivity (Wildman–Crippen MR) is 116 cm³/mol. The van der Waals surface area contributed by atoms with Crippen molar-refractivity contribution in [2.24, 2.45) is 11.8 Å². The topological polar surface area (TPSA) is 104 Å². The highest BCUT2D eigenvalue weighted by Gasteiger charge is 2.47. The maximum Gasteiger partial charge on any atom is 0.338 e. The molecule has 2 aromatic rings. The molecule has 6 nitrogen and oxygen atoms in total. The van der Waals surface area contributed by atoms with Crippen LogP contribution in [0.15, 0.2) is 72.5 Å². The number of esters is 1. The molecule has 0 spiro atoms. The normalized spacial score (nSPS) is 23.5. The molecule has 0 aromatic heterocycles. The van der Waals surface area contributed by atoms with Gasteiger partial charge >= 0.3 is 11.9 Å². The summed E-state index contributed by atoms with van der Waals surface area (Å²) in [5, 5.41) is 30.5. The average molecular weight is 424 g/mol. The van der Waals surface area contributed by atoms with Crippen LogP contribution < -0.4 is 0 Å². The molecular weight excluding hydrogens is 396 g/mol. The number of carboxylic acid groups (broad SMARTS) is 1. The van der Waals surface area contributed by atoms with Crippen LogP contribution >= 0.6 is 0 Å². The molecule has 3 rings (SSSR count). The molecule has 1 saturated carbocycles. The van der Waals surface area contributed by atoms with Crippen LogP contribution in [-0.2, 0) is 16.0 Å². The molecular formula is C25H28O6. The van der Waals surface area contributed by atoms with Crippen LogP contribution in [0, 0.1) is 11.8 Å². The third-order valence-electron chi connectivity index (χ3n) is 5.72. The van der Waals surface area contributed by atoms with Crippen LogP contribution in [0.4, 0.5) is 0 Å². The lowest BCUT2D eigenvalue weighted by Crippen LogP contribution is -2.29. The maximum atomic E-state index is 12.5. The van der Waals surface area contributed by atoms with Crippen molar-refractivity contribution in [3.05, 3.63) is 83.6 Å². The molecule has 164 valence electrons. The number of hydrogen-bond acceptors (Lipinski definition) is 5. The van der Waals surface area contributed by atoms with E-state index in [2.05, 4.69) is 0 Å². The van der Waals surface area contributed by atoms with Gasteiger partial charge in [-0.1, -0.05) is 48.5 Å². The van der Waals surface area contributed by atoms with E-state index in [1.54, 1.807) is 36.4 Å². The first-order valence-corrected chi connectivity index (χ1v) is 10.5. The summed E-state index contributed by atoms with van der Waals surface area (Å²) < 4.78 is 5.60. The highest BCUT2D eigenvalue weighted by molar-refractivity contribution is 5.89. The van der Waals surface area contributed by atoms with Crippen molar-refractivity contribution in [3.63, 3.8) is 0 Å². The number of carbonyl (C=O) groups is 2. The van der Waals surface area contributed by atoms with Gasteiger partial charge < -0.3 is 20.1 Å². The minimum atomic E-state index is -1.07. The Labute approximate surface area is 181 Å². The van der Waals surface area contributed by atoms with Crippen LogP contribution in [0.2, 0.25) is 0 Å². The Balaban J connectivity index is 1.70. The fraction of sp³-hybridized carbons (Fsp3) is 0.360. The lowest BCUT2D eigenvalue weighted by molar-refractivity contribution is -0.139. The fourth-order valence-electron chi connectivity index (χ4n) is 4.19. The minimum absolute atomic E-state index is 0.0262. The van der Waals surface area contributed by atoms with Gasteiger partial charge in [-0.25, -0.2) is 4.79 Å². The van der Waals surface area contributed by atoms with Gasteiger partial charge in [0.2, 0.25) is 0 Å². The standard InChI is InChI=1S/C25H28O6/c26-20(14-8-7-11-17-9-3-1-4-10-17)24-19(15-23(28)29)21(27)16-22(24)31-25(30)18-12-5-2-6-13-18/h1-6,9-10,12-14,19,21-22,24,26-27H,7-8,11,15-16H2,(H,28,29)/t19-,21-,22-,24-/m1/s1. The van der Waals surface area contributed by atoms with Gasteiger partial charge in [0, 0.05) is 12.3 Å². The van der Waals surface area contributed by atoms with E-state index >= 15 is 0 Å². The number of hydrogen-bond donors (Lipinski definition) is 3. The molecule has 0 heterocycles. The molecule has 6 heteroatoms. The van der Waals surface area contributed by atoms with E-state index < -0.39 is 36.0 Å². The number of benzene rings is 2. The number of allylic oxidation sites excluding steroid dienone is 1. The summed E-state index contributed by atoms with van der Waals surface area (Å²) in [6.07, 6.45) is 1.91. The summed E-state index contributed by atoms with van der Waals surface area (Å²) in [5.41, 5.74) is 1.56. The molecule has 0 unspecified atom stereocenters. The van der Waals surface area contributed by atoms with Gasteiger partial charge in [0.05, 0.1) is 29.8 Å². The molecule has 0 radical (unpaired) electrons. The lowest BCUT2D eigenvalue weighted by atomic mass is 9.88.